The first kappa shape index (κ1) is 10.2. The normalized spacial score (nSPS) is 12.2. The van der Waals surface area contributed by atoms with Crippen LogP contribution in [0.25, 0.3) is 0 Å². The van der Waals surface area contributed by atoms with Gasteiger partial charge >= 0.3 is 5.97 Å². The first-order valence-electron chi connectivity index (χ1n) is 3.89. The highest BCUT2D eigenvalue weighted by atomic mass is 79.9. The van der Waals surface area contributed by atoms with Crippen LogP contribution in [0.15, 0.2) is 24.5 Å². The van der Waals surface area contributed by atoms with Crippen molar-refractivity contribution in [3.8, 4) is 0 Å². The second-order valence-electron chi connectivity index (χ2n) is 2.55. The molecule has 0 aliphatic rings. The molecular formula is C9H10BrNO2. The Kier molecular flexibility index (Phi) is 3.89. The van der Waals surface area contributed by atoms with Gasteiger partial charge in [-0.2, -0.15) is 0 Å². The van der Waals surface area contributed by atoms with Gasteiger partial charge < -0.3 is 4.74 Å². The molecule has 0 spiro atoms. The Bertz CT molecular complexity index is 276. The predicted molar refractivity (Wildman–Crippen MR) is 52.5 cm³/mol. The number of aromatic nitrogens is 1. The van der Waals surface area contributed by atoms with Gasteiger partial charge in [0, 0.05) is 12.4 Å². The summed E-state index contributed by atoms with van der Waals surface area (Å²) in [6.45, 7) is 1.83. The fraction of sp³-hybridized carbons (Fsp3) is 0.333. The third-order valence-corrected chi connectivity index (χ3v) is 2.05. The SMILES string of the molecule is C[C@H](OC(=O)CBr)c1ccncc1. The van der Waals surface area contributed by atoms with Crippen LogP contribution in [0.4, 0.5) is 0 Å². The van der Waals surface area contributed by atoms with Crippen LogP contribution < -0.4 is 0 Å². The van der Waals surface area contributed by atoms with Crippen LogP contribution in [0, 0.1) is 0 Å². The van der Waals surface area contributed by atoms with Crippen molar-refractivity contribution in [1.82, 2.24) is 4.98 Å². The number of hydrogen-bond donors (Lipinski definition) is 0. The lowest BCUT2D eigenvalue weighted by atomic mass is 10.2. The number of rotatable bonds is 3. The summed E-state index contributed by atoms with van der Waals surface area (Å²) in [6.07, 6.45) is 3.13. The number of alkyl halides is 1. The van der Waals surface area contributed by atoms with Crippen LogP contribution in [0.5, 0.6) is 0 Å². The Balaban J connectivity index is 2.59. The average molecular weight is 244 g/mol. The van der Waals surface area contributed by atoms with Gasteiger partial charge in [0.05, 0.1) is 0 Å². The quantitative estimate of drug-likeness (QED) is 0.603. The van der Waals surface area contributed by atoms with Gasteiger partial charge in [0.25, 0.3) is 0 Å². The smallest absolute Gasteiger partial charge is 0.317 e. The Labute approximate surface area is 85.3 Å². The highest BCUT2D eigenvalue weighted by molar-refractivity contribution is 9.09. The Morgan fingerprint density at radius 2 is 2.23 bits per heavy atom. The number of carbonyl (C=O) groups is 1. The lowest BCUT2D eigenvalue weighted by Gasteiger charge is -2.11. The third-order valence-electron chi connectivity index (χ3n) is 1.59. The van der Waals surface area contributed by atoms with Gasteiger partial charge in [-0.3, -0.25) is 9.78 Å². The average Bonchev–Trinajstić information content (AvgIpc) is 2.19. The van der Waals surface area contributed by atoms with Crippen LogP contribution in [0.3, 0.4) is 0 Å². The number of carbonyl (C=O) groups excluding carboxylic acids is 1. The van der Waals surface area contributed by atoms with E-state index in [1.807, 2.05) is 19.1 Å². The van der Waals surface area contributed by atoms with E-state index in [4.69, 9.17) is 4.74 Å². The summed E-state index contributed by atoms with van der Waals surface area (Å²) < 4.78 is 5.07. The molecule has 0 fully saturated rings. The lowest BCUT2D eigenvalue weighted by molar-refractivity contribution is -0.145. The first-order valence-corrected chi connectivity index (χ1v) is 5.01. The van der Waals surface area contributed by atoms with Crippen LogP contribution in [-0.2, 0) is 9.53 Å². The molecule has 1 aromatic heterocycles. The number of halogens is 1. The Hall–Kier alpha value is -0.900. The Morgan fingerprint density at radius 1 is 1.62 bits per heavy atom. The van der Waals surface area contributed by atoms with E-state index in [-0.39, 0.29) is 17.4 Å². The van der Waals surface area contributed by atoms with Crippen LogP contribution in [0.2, 0.25) is 0 Å². The number of ether oxygens (including phenoxy) is 1. The molecule has 1 rings (SSSR count). The van der Waals surface area contributed by atoms with Crippen LogP contribution >= 0.6 is 15.9 Å². The number of nitrogens with zero attached hydrogens (tertiary/aromatic N) is 1. The van der Waals surface area contributed by atoms with E-state index in [0.717, 1.165) is 5.56 Å². The standard InChI is InChI=1S/C9H10BrNO2/c1-7(13-9(12)6-10)8-2-4-11-5-3-8/h2-5,7H,6H2,1H3/t7-/m0/s1. The van der Waals surface area contributed by atoms with E-state index >= 15 is 0 Å². The van der Waals surface area contributed by atoms with E-state index in [1.165, 1.54) is 0 Å². The van der Waals surface area contributed by atoms with Crippen molar-refractivity contribution in [3.63, 3.8) is 0 Å². The molecule has 0 bridgehead atoms. The number of esters is 1. The summed E-state index contributed by atoms with van der Waals surface area (Å²) in [5, 5.41) is 0.225. The molecule has 0 unspecified atom stereocenters. The molecule has 0 saturated heterocycles. The molecule has 1 aromatic rings. The minimum absolute atomic E-state index is 0.215. The minimum Gasteiger partial charge on any atom is -0.457 e. The molecule has 4 heteroatoms. The van der Waals surface area contributed by atoms with E-state index in [0.29, 0.717) is 0 Å². The van der Waals surface area contributed by atoms with Crippen molar-refractivity contribution in [2.45, 2.75) is 13.0 Å². The molecular weight excluding hydrogens is 234 g/mol. The minimum atomic E-state index is -0.260. The Morgan fingerprint density at radius 3 is 2.77 bits per heavy atom. The molecule has 13 heavy (non-hydrogen) atoms. The maximum absolute atomic E-state index is 10.9. The van der Waals surface area contributed by atoms with Gasteiger partial charge in [-0.15, -0.1) is 0 Å². The van der Waals surface area contributed by atoms with Crippen LogP contribution in [-0.4, -0.2) is 16.3 Å². The summed E-state index contributed by atoms with van der Waals surface area (Å²) in [5.74, 6) is -0.260. The maximum atomic E-state index is 10.9. The van der Waals surface area contributed by atoms with Gasteiger partial charge in [0.2, 0.25) is 0 Å². The second-order valence-corrected chi connectivity index (χ2v) is 3.11. The highest BCUT2D eigenvalue weighted by Gasteiger charge is 2.09. The predicted octanol–water partition coefficient (Wildman–Crippen LogP) is 2.08. The van der Waals surface area contributed by atoms with E-state index in [1.54, 1.807) is 12.4 Å². The van der Waals surface area contributed by atoms with Crippen molar-refractivity contribution in [1.29, 1.82) is 0 Å². The lowest BCUT2D eigenvalue weighted by Crippen LogP contribution is -2.09. The highest BCUT2D eigenvalue weighted by Crippen LogP contribution is 2.15. The molecule has 1 atom stereocenters. The zero-order chi connectivity index (χ0) is 9.68. The number of hydrogen-bond acceptors (Lipinski definition) is 3. The second kappa shape index (κ2) is 4.97. The number of pyridine rings is 1. The zero-order valence-electron chi connectivity index (χ0n) is 7.24. The first-order chi connectivity index (χ1) is 6.24. The molecule has 0 aliphatic carbocycles. The van der Waals surface area contributed by atoms with Crippen molar-refractivity contribution >= 4 is 21.9 Å². The maximum Gasteiger partial charge on any atom is 0.317 e. The fourth-order valence-electron chi connectivity index (χ4n) is 0.931. The van der Waals surface area contributed by atoms with Crippen molar-refractivity contribution < 1.29 is 9.53 Å². The van der Waals surface area contributed by atoms with Crippen LogP contribution in [0.1, 0.15) is 18.6 Å². The third kappa shape index (κ3) is 3.14. The molecule has 70 valence electrons. The summed E-state index contributed by atoms with van der Waals surface area (Å²) in [5.41, 5.74) is 0.948. The summed E-state index contributed by atoms with van der Waals surface area (Å²) >= 11 is 3.03. The molecule has 1 heterocycles. The zero-order valence-corrected chi connectivity index (χ0v) is 8.82. The van der Waals surface area contributed by atoms with Gasteiger partial charge in [0.15, 0.2) is 0 Å². The molecule has 0 saturated carbocycles. The van der Waals surface area contributed by atoms with Crippen molar-refractivity contribution in [2.75, 3.05) is 5.33 Å². The summed E-state index contributed by atoms with van der Waals surface area (Å²) in [7, 11) is 0. The monoisotopic (exact) mass is 243 g/mol. The summed E-state index contributed by atoms with van der Waals surface area (Å²) in [6, 6.07) is 3.65. The fourth-order valence-corrected chi connectivity index (χ4v) is 1.06. The summed E-state index contributed by atoms with van der Waals surface area (Å²) in [4.78, 5) is 14.8. The van der Waals surface area contributed by atoms with Gasteiger partial charge in [-0.1, -0.05) is 15.9 Å². The topological polar surface area (TPSA) is 39.2 Å². The molecule has 0 aliphatic heterocycles. The van der Waals surface area contributed by atoms with Gasteiger partial charge in [-0.05, 0) is 24.6 Å². The molecule has 3 nitrogen and oxygen atoms in total. The van der Waals surface area contributed by atoms with Crippen molar-refractivity contribution in [2.24, 2.45) is 0 Å². The van der Waals surface area contributed by atoms with E-state index in [9.17, 15) is 4.79 Å². The largest absolute Gasteiger partial charge is 0.457 e. The molecule has 0 N–H and O–H groups in total. The van der Waals surface area contributed by atoms with E-state index in [2.05, 4.69) is 20.9 Å². The van der Waals surface area contributed by atoms with E-state index < -0.39 is 0 Å². The van der Waals surface area contributed by atoms with Crippen molar-refractivity contribution in [3.05, 3.63) is 30.1 Å². The molecule has 0 aromatic carbocycles. The molecule has 0 amide bonds. The molecule has 0 radical (unpaired) electrons. The van der Waals surface area contributed by atoms with Gasteiger partial charge in [0.1, 0.15) is 11.4 Å². The van der Waals surface area contributed by atoms with Gasteiger partial charge in [-0.25, -0.2) is 0 Å².